The quantitative estimate of drug-likeness (QED) is 0.656. The lowest BCUT2D eigenvalue weighted by molar-refractivity contribution is 0.0734. The Kier molecular flexibility index (Phi) is 6.73. The number of amides is 1. The highest BCUT2D eigenvalue weighted by Crippen LogP contribution is 2.28. The molecule has 8 nitrogen and oxygen atoms in total. The fourth-order valence-electron chi connectivity index (χ4n) is 4.23. The molecule has 8 heteroatoms. The van der Waals surface area contributed by atoms with Gasteiger partial charge in [-0.05, 0) is 51.4 Å². The van der Waals surface area contributed by atoms with E-state index < -0.39 is 0 Å². The molecular weight excluding hydrogens is 394 g/mol. The van der Waals surface area contributed by atoms with Crippen molar-refractivity contribution in [1.82, 2.24) is 24.6 Å². The van der Waals surface area contributed by atoms with Crippen molar-refractivity contribution in [2.75, 3.05) is 7.05 Å². The summed E-state index contributed by atoms with van der Waals surface area (Å²) in [5.74, 6) is 1.36. The van der Waals surface area contributed by atoms with Crippen molar-refractivity contribution in [3.8, 4) is 17.1 Å². The molecule has 2 aromatic heterocycles. The van der Waals surface area contributed by atoms with E-state index in [2.05, 4.69) is 17.0 Å². The second-order valence-electron chi connectivity index (χ2n) is 8.61. The molecule has 0 N–H and O–H groups in total. The number of rotatable bonds is 7. The van der Waals surface area contributed by atoms with Crippen molar-refractivity contribution in [3.05, 3.63) is 23.8 Å². The monoisotopic (exact) mass is 427 g/mol. The summed E-state index contributed by atoms with van der Waals surface area (Å²) >= 11 is 0. The number of ether oxygens (including phenoxy) is 2. The Morgan fingerprint density at radius 2 is 1.94 bits per heavy atom. The van der Waals surface area contributed by atoms with Crippen LogP contribution in [0, 0.1) is 0 Å². The Balaban J connectivity index is 1.48. The van der Waals surface area contributed by atoms with E-state index in [0.717, 1.165) is 54.8 Å². The number of aromatic nitrogens is 4. The molecule has 0 bridgehead atoms. The maximum Gasteiger partial charge on any atom is 0.410 e. The van der Waals surface area contributed by atoms with E-state index in [9.17, 15) is 4.79 Å². The molecule has 0 aliphatic heterocycles. The van der Waals surface area contributed by atoms with Crippen LogP contribution in [0.1, 0.15) is 69.7 Å². The zero-order chi connectivity index (χ0) is 21.8. The Bertz CT molecular complexity index is 903. The molecule has 1 amide bonds. The van der Waals surface area contributed by atoms with Gasteiger partial charge < -0.3 is 14.4 Å². The molecule has 31 heavy (non-hydrogen) atoms. The molecule has 2 aromatic rings. The van der Waals surface area contributed by atoms with Crippen LogP contribution in [0.4, 0.5) is 4.79 Å². The van der Waals surface area contributed by atoms with Crippen molar-refractivity contribution >= 4 is 6.09 Å². The molecule has 0 aromatic carbocycles. The number of hydrogen-bond donors (Lipinski definition) is 0. The fraction of sp³-hybridized carbons (Fsp3) is 0.652. The largest absolute Gasteiger partial charge is 0.487 e. The predicted octanol–water partition coefficient (Wildman–Crippen LogP) is 4.27. The standard InChI is InChI=1S/C23H33N5O3/c1-4-19-21(31-17-11-6-5-7-12-17)14-24-22(26-19)18-13-25-28(3)20(18)15-30-23(29)27(2)16-9-8-10-16/h13-14,16-17H,4-12,15H2,1-3H3. The van der Waals surface area contributed by atoms with Gasteiger partial charge in [0.2, 0.25) is 0 Å². The second-order valence-corrected chi connectivity index (χ2v) is 8.61. The van der Waals surface area contributed by atoms with Crippen LogP contribution in [-0.4, -0.2) is 49.9 Å². The van der Waals surface area contributed by atoms with Crippen molar-refractivity contribution in [2.45, 2.75) is 83.5 Å². The molecule has 2 aliphatic rings. The van der Waals surface area contributed by atoms with Gasteiger partial charge in [-0.2, -0.15) is 5.10 Å². The lowest BCUT2D eigenvalue weighted by Crippen LogP contribution is -2.41. The summed E-state index contributed by atoms with van der Waals surface area (Å²) in [5, 5.41) is 4.35. The number of nitrogens with zero attached hydrogens (tertiary/aromatic N) is 5. The summed E-state index contributed by atoms with van der Waals surface area (Å²) < 4.78 is 13.5. The van der Waals surface area contributed by atoms with E-state index in [1.54, 1.807) is 29.0 Å². The van der Waals surface area contributed by atoms with Crippen LogP contribution >= 0.6 is 0 Å². The molecule has 2 heterocycles. The van der Waals surface area contributed by atoms with E-state index >= 15 is 0 Å². The maximum atomic E-state index is 12.4. The van der Waals surface area contributed by atoms with Gasteiger partial charge in [0.05, 0.1) is 35.4 Å². The highest BCUT2D eigenvalue weighted by molar-refractivity contribution is 5.68. The minimum atomic E-state index is -0.303. The van der Waals surface area contributed by atoms with Crippen LogP contribution in [0.15, 0.2) is 12.4 Å². The van der Waals surface area contributed by atoms with Crippen molar-refractivity contribution in [2.24, 2.45) is 7.05 Å². The van der Waals surface area contributed by atoms with Gasteiger partial charge >= 0.3 is 6.09 Å². The van der Waals surface area contributed by atoms with Gasteiger partial charge in [0, 0.05) is 20.1 Å². The van der Waals surface area contributed by atoms with Crippen LogP contribution < -0.4 is 4.74 Å². The highest BCUT2D eigenvalue weighted by atomic mass is 16.6. The lowest BCUT2D eigenvalue weighted by Gasteiger charge is -2.33. The Morgan fingerprint density at radius 1 is 1.16 bits per heavy atom. The van der Waals surface area contributed by atoms with Gasteiger partial charge in [0.25, 0.3) is 0 Å². The molecule has 0 radical (unpaired) electrons. The summed E-state index contributed by atoms with van der Waals surface area (Å²) in [6.07, 6.45) is 13.4. The van der Waals surface area contributed by atoms with Gasteiger partial charge in [-0.15, -0.1) is 0 Å². The zero-order valence-electron chi connectivity index (χ0n) is 18.8. The van der Waals surface area contributed by atoms with Crippen LogP contribution in [0.3, 0.4) is 0 Å². The average molecular weight is 428 g/mol. The van der Waals surface area contributed by atoms with E-state index in [1.165, 1.54) is 25.7 Å². The van der Waals surface area contributed by atoms with Crippen molar-refractivity contribution in [3.63, 3.8) is 0 Å². The van der Waals surface area contributed by atoms with Crippen LogP contribution in [0.25, 0.3) is 11.4 Å². The summed E-state index contributed by atoms with van der Waals surface area (Å²) in [6, 6.07) is 0.297. The van der Waals surface area contributed by atoms with Crippen LogP contribution in [0.5, 0.6) is 5.75 Å². The van der Waals surface area contributed by atoms with Crippen molar-refractivity contribution < 1.29 is 14.3 Å². The molecule has 0 saturated heterocycles. The first kappa shape index (κ1) is 21.6. The maximum absolute atomic E-state index is 12.4. The van der Waals surface area contributed by atoms with E-state index in [1.807, 2.05) is 7.05 Å². The third-order valence-corrected chi connectivity index (χ3v) is 6.56. The summed E-state index contributed by atoms with van der Waals surface area (Å²) in [6.45, 7) is 2.20. The first-order valence-electron chi connectivity index (χ1n) is 11.5. The SMILES string of the molecule is CCc1nc(-c2cnn(C)c2COC(=O)N(C)C2CCC2)ncc1OC1CCCCC1. The van der Waals surface area contributed by atoms with E-state index in [4.69, 9.17) is 14.5 Å². The Morgan fingerprint density at radius 3 is 2.61 bits per heavy atom. The predicted molar refractivity (Wildman–Crippen MR) is 117 cm³/mol. The van der Waals surface area contributed by atoms with Crippen LogP contribution in [-0.2, 0) is 24.8 Å². The van der Waals surface area contributed by atoms with Crippen molar-refractivity contribution in [1.29, 1.82) is 0 Å². The van der Waals surface area contributed by atoms with Gasteiger partial charge in [-0.25, -0.2) is 14.8 Å². The molecule has 0 unspecified atom stereocenters. The molecule has 0 atom stereocenters. The second kappa shape index (κ2) is 9.66. The minimum Gasteiger partial charge on any atom is -0.487 e. The number of carbonyl (C=O) groups excluding carboxylic acids is 1. The molecule has 2 fully saturated rings. The molecule has 4 rings (SSSR count). The van der Waals surface area contributed by atoms with E-state index in [0.29, 0.717) is 11.9 Å². The van der Waals surface area contributed by atoms with Gasteiger partial charge in [0.15, 0.2) is 11.6 Å². The molecular formula is C23H33N5O3. The number of carbonyl (C=O) groups is 1. The average Bonchev–Trinajstić information content (AvgIpc) is 3.12. The van der Waals surface area contributed by atoms with Gasteiger partial charge in [0.1, 0.15) is 6.61 Å². The summed E-state index contributed by atoms with van der Waals surface area (Å²) in [7, 11) is 3.64. The zero-order valence-corrected chi connectivity index (χ0v) is 18.8. The lowest BCUT2D eigenvalue weighted by atomic mass is 9.92. The topological polar surface area (TPSA) is 82.4 Å². The smallest absolute Gasteiger partial charge is 0.410 e. The Labute approximate surface area is 184 Å². The third kappa shape index (κ3) is 4.83. The highest BCUT2D eigenvalue weighted by Gasteiger charge is 2.27. The minimum absolute atomic E-state index is 0.132. The first-order chi connectivity index (χ1) is 15.1. The van der Waals surface area contributed by atoms with Gasteiger partial charge in [-0.1, -0.05) is 13.3 Å². The van der Waals surface area contributed by atoms with Gasteiger partial charge in [-0.3, -0.25) is 4.68 Å². The fourth-order valence-corrected chi connectivity index (χ4v) is 4.23. The normalized spacial score (nSPS) is 17.3. The summed E-state index contributed by atoms with van der Waals surface area (Å²) in [5.41, 5.74) is 2.45. The van der Waals surface area contributed by atoms with Crippen LogP contribution in [0.2, 0.25) is 0 Å². The Hall–Kier alpha value is -2.64. The first-order valence-corrected chi connectivity index (χ1v) is 11.5. The molecule has 168 valence electrons. The molecule has 2 aliphatic carbocycles. The molecule has 2 saturated carbocycles. The number of aryl methyl sites for hydroxylation is 2. The third-order valence-electron chi connectivity index (χ3n) is 6.56. The molecule has 0 spiro atoms. The van der Waals surface area contributed by atoms with E-state index in [-0.39, 0.29) is 18.8 Å². The number of hydrogen-bond acceptors (Lipinski definition) is 6. The summed E-state index contributed by atoms with van der Waals surface area (Å²) in [4.78, 5) is 23.4.